The van der Waals surface area contributed by atoms with Gasteiger partial charge in [-0.15, -0.1) is 0 Å². The van der Waals surface area contributed by atoms with E-state index in [0.717, 1.165) is 12.1 Å². The summed E-state index contributed by atoms with van der Waals surface area (Å²) in [5.74, 6) is -2.19. The molecule has 0 aliphatic carbocycles. The van der Waals surface area contributed by atoms with Crippen molar-refractivity contribution in [2.24, 2.45) is 0 Å². The summed E-state index contributed by atoms with van der Waals surface area (Å²) in [6.07, 6.45) is 0. The summed E-state index contributed by atoms with van der Waals surface area (Å²) in [4.78, 5) is 22.5. The quantitative estimate of drug-likeness (QED) is 0.384. The fourth-order valence-electron chi connectivity index (χ4n) is 2.30. The lowest BCUT2D eigenvalue weighted by molar-refractivity contribution is -0.384. The second kappa shape index (κ2) is 7.92. The molecule has 1 heterocycles. The van der Waals surface area contributed by atoms with Crippen molar-refractivity contribution in [3.63, 3.8) is 0 Å². The molecule has 10 heteroatoms. The van der Waals surface area contributed by atoms with Crippen LogP contribution < -0.4 is 10.6 Å². The molecular formula is C18H11F2N3O4S. The minimum Gasteiger partial charge on any atom is -0.451 e. The SMILES string of the molecule is O=C(NC(=S)Nc1ccc(F)cc1F)c1ccc(-c2cccc([N+](=O)[O-])c2)o1. The van der Waals surface area contributed by atoms with Crippen molar-refractivity contribution in [1.29, 1.82) is 0 Å². The number of nitrogens with one attached hydrogen (secondary N) is 2. The molecule has 2 aromatic carbocycles. The molecule has 0 unspecified atom stereocenters. The van der Waals surface area contributed by atoms with Gasteiger partial charge in [0.05, 0.1) is 10.6 Å². The lowest BCUT2D eigenvalue weighted by Gasteiger charge is -2.09. The minimum absolute atomic E-state index is 0.106. The van der Waals surface area contributed by atoms with Crippen molar-refractivity contribution < 1.29 is 22.9 Å². The van der Waals surface area contributed by atoms with E-state index in [1.807, 2.05) is 0 Å². The smallest absolute Gasteiger partial charge is 0.293 e. The fourth-order valence-corrected chi connectivity index (χ4v) is 2.50. The summed E-state index contributed by atoms with van der Waals surface area (Å²) in [5.41, 5.74) is 0.192. The molecule has 0 bridgehead atoms. The van der Waals surface area contributed by atoms with Gasteiger partial charge in [-0.25, -0.2) is 8.78 Å². The Morgan fingerprint density at radius 3 is 2.61 bits per heavy atom. The Labute approximate surface area is 162 Å². The van der Waals surface area contributed by atoms with Gasteiger partial charge in [0.1, 0.15) is 17.4 Å². The van der Waals surface area contributed by atoms with Crippen LogP contribution in [0, 0.1) is 21.7 Å². The highest BCUT2D eigenvalue weighted by Gasteiger charge is 2.16. The Morgan fingerprint density at radius 1 is 1.11 bits per heavy atom. The molecule has 3 rings (SSSR count). The van der Waals surface area contributed by atoms with Crippen molar-refractivity contribution >= 4 is 34.6 Å². The maximum absolute atomic E-state index is 13.6. The average molecular weight is 403 g/mol. The first kappa shape index (κ1) is 19.1. The molecule has 0 radical (unpaired) electrons. The number of amides is 1. The van der Waals surface area contributed by atoms with E-state index in [0.29, 0.717) is 11.6 Å². The highest BCUT2D eigenvalue weighted by molar-refractivity contribution is 7.80. The predicted molar refractivity (Wildman–Crippen MR) is 101 cm³/mol. The molecule has 1 aromatic heterocycles. The molecule has 3 aromatic rings. The largest absolute Gasteiger partial charge is 0.451 e. The van der Waals surface area contributed by atoms with Gasteiger partial charge < -0.3 is 9.73 Å². The number of carbonyl (C=O) groups excluding carboxylic acids is 1. The molecule has 0 spiro atoms. The van der Waals surface area contributed by atoms with E-state index in [1.54, 1.807) is 6.07 Å². The van der Waals surface area contributed by atoms with E-state index < -0.39 is 22.5 Å². The van der Waals surface area contributed by atoms with Gasteiger partial charge in [0.2, 0.25) is 0 Å². The zero-order valence-corrected chi connectivity index (χ0v) is 14.8. The van der Waals surface area contributed by atoms with E-state index in [-0.39, 0.29) is 28.0 Å². The van der Waals surface area contributed by atoms with Crippen molar-refractivity contribution in [2.45, 2.75) is 0 Å². The molecule has 1 amide bonds. The van der Waals surface area contributed by atoms with Crippen molar-refractivity contribution in [2.75, 3.05) is 5.32 Å². The number of halogens is 2. The molecule has 0 fully saturated rings. The van der Waals surface area contributed by atoms with Crippen LogP contribution in [0.5, 0.6) is 0 Å². The number of anilines is 1. The number of nitro groups is 1. The number of nitro benzene ring substituents is 1. The highest BCUT2D eigenvalue weighted by Crippen LogP contribution is 2.25. The average Bonchev–Trinajstić information content (AvgIpc) is 3.14. The van der Waals surface area contributed by atoms with E-state index in [2.05, 4.69) is 10.6 Å². The maximum atomic E-state index is 13.6. The van der Waals surface area contributed by atoms with Crippen LogP contribution in [0.1, 0.15) is 10.6 Å². The van der Waals surface area contributed by atoms with Gasteiger partial charge >= 0.3 is 0 Å². The molecule has 2 N–H and O–H groups in total. The fraction of sp³-hybridized carbons (Fsp3) is 0. The second-order valence-corrected chi connectivity index (χ2v) is 5.91. The topological polar surface area (TPSA) is 97.4 Å². The van der Waals surface area contributed by atoms with Gasteiger partial charge in [0, 0.05) is 23.8 Å². The third-order valence-corrected chi connectivity index (χ3v) is 3.78. The van der Waals surface area contributed by atoms with Crippen LogP contribution in [0.3, 0.4) is 0 Å². The van der Waals surface area contributed by atoms with Crippen LogP contribution in [0.15, 0.2) is 59.0 Å². The molecule has 0 aliphatic rings. The standard InChI is InChI=1S/C18H11F2N3O4S/c19-11-4-5-14(13(20)9-11)21-18(28)22-17(24)16-7-6-15(27-16)10-2-1-3-12(8-10)23(25)26/h1-9H,(H2,21,22,24,28). The number of hydrogen-bond acceptors (Lipinski definition) is 5. The first-order valence-corrected chi connectivity index (χ1v) is 8.16. The maximum Gasteiger partial charge on any atom is 0.293 e. The third kappa shape index (κ3) is 4.35. The number of furan rings is 1. The molecule has 7 nitrogen and oxygen atoms in total. The monoisotopic (exact) mass is 403 g/mol. The Hall–Kier alpha value is -3.66. The van der Waals surface area contributed by atoms with Gasteiger partial charge in [-0.1, -0.05) is 12.1 Å². The Bertz CT molecular complexity index is 1080. The molecule has 0 atom stereocenters. The minimum atomic E-state index is -0.873. The first-order valence-electron chi connectivity index (χ1n) is 7.75. The first-order chi connectivity index (χ1) is 13.3. The second-order valence-electron chi connectivity index (χ2n) is 5.50. The number of benzene rings is 2. The summed E-state index contributed by atoms with van der Waals surface area (Å²) < 4.78 is 31.9. The third-order valence-electron chi connectivity index (χ3n) is 3.58. The summed E-state index contributed by atoms with van der Waals surface area (Å²) in [7, 11) is 0. The molecule has 0 aliphatic heterocycles. The van der Waals surface area contributed by atoms with Gasteiger partial charge in [-0.3, -0.25) is 20.2 Å². The van der Waals surface area contributed by atoms with E-state index in [1.165, 1.54) is 30.3 Å². The lowest BCUT2D eigenvalue weighted by atomic mass is 10.1. The molecule has 142 valence electrons. The van der Waals surface area contributed by atoms with Gasteiger partial charge in [-0.2, -0.15) is 0 Å². The number of non-ortho nitro benzene ring substituents is 1. The molecule has 0 saturated heterocycles. The molecular weight excluding hydrogens is 392 g/mol. The van der Waals surface area contributed by atoms with Gasteiger partial charge in [0.25, 0.3) is 11.6 Å². The number of thiocarbonyl (C=S) groups is 1. The van der Waals surface area contributed by atoms with Gasteiger partial charge in [-0.05, 0) is 36.5 Å². The number of rotatable bonds is 4. The van der Waals surface area contributed by atoms with Crippen LogP contribution in [-0.2, 0) is 0 Å². The zero-order valence-electron chi connectivity index (χ0n) is 13.9. The Balaban J connectivity index is 1.69. The summed E-state index contributed by atoms with van der Waals surface area (Å²) in [6.45, 7) is 0. The predicted octanol–water partition coefficient (Wildman–Crippen LogP) is 4.26. The number of hydrogen-bond donors (Lipinski definition) is 2. The molecule has 0 saturated carbocycles. The summed E-state index contributed by atoms with van der Waals surface area (Å²) in [5, 5.41) is 15.4. The van der Waals surface area contributed by atoms with Crippen LogP contribution in [-0.4, -0.2) is 15.9 Å². The number of nitrogens with zero attached hydrogens (tertiary/aromatic N) is 1. The van der Waals surface area contributed by atoms with Crippen LogP contribution in [0.25, 0.3) is 11.3 Å². The van der Waals surface area contributed by atoms with Crippen LogP contribution in [0.4, 0.5) is 20.2 Å². The summed E-state index contributed by atoms with van der Waals surface area (Å²) >= 11 is 4.93. The van der Waals surface area contributed by atoms with Crippen LogP contribution >= 0.6 is 12.2 Å². The van der Waals surface area contributed by atoms with Gasteiger partial charge in [0.15, 0.2) is 10.9 Å². The highest BCUT2D eigenvalue weighted by atomic mass is 32.1. The van der Waals surface area contributed by atoms with E-state index in [4.69, 9.17) is 16.6 Å². The normalized spacial score (nSPS) is 10.4. The van der Waals surface area contributed by atoms with Crippen molar-refractivity contribution in [3.8, 4) is 11.3 Å². The van der Waals surface area contributed by atoms with Crippen molar-refractivity contribution in [1.82, 2.24) is 5.32 Å². The lowest BCUT2D eigenvalue weighted by Crippen LogP contribution is -2.34. The van der Waals surface area contributed by atoms with Crippen molar-refractivity contribution in [3.05, 3.63) is 82.1 Å². The Kier molecular flexibility index (Phi) is 5.41. The summed E-state index contributed by atoms with van der Waals surface area (Å²) in [6, 6.07) is 11.4. The Morgan fingerprint density at radius 2 is 1.89 bits per heavy atom. The van der Waals surface area contributed by atoms with E-state index >= 15 is 0 Å². The van der Waals surface area contributed by atoms with E-state index in [9.17, 15) is 23.7 Å². The van der Waals surface area contributed by atoms with Crippen LogP contribution in [0.2, 0.25) is 0 Å². The molecule has 28 heavy (non-hydrogen) atoms. The number of carbonyl (C=O) groups is 1. The zero-order chi connectivity index (χ0) is 20.3.